The summed E-state index contributed by atoms with van der Waals surface area (Å²) in [4.78, 5) is 4.53. The van der Waals surface area contributed by atoms with E-state index in [9.17, 15) is 14.8 Å². The highest BCUT2D eigenvalue weighted by Gasteiger charge is 2.56. The Morgan fingerprint density at radius 1 is 1.23 bits per heavy atom. The molecule has 202 valence electrons. The van der Waals surface area contributed by atoms with Gasteiger partial charge in [-0.2, -0.15) is 5.26 Å². The fourth-order valence-corrected chi connectivity index (χ4v) is 8.09. The van der Waals surface area contributed by atoms with Crippen LogP contribution in [0.3, 0.4) is 0 Å². The molecule has 0 amide bonds. The Morgan fingerprint density at radius 3 is 2.56 bits per heavy atom. The molecule has 39 heavy (non-hydrogen) atoms. The molecule has 2 bridgehead atoms. The second kappa shape index (κ2) is 10.1. The molecule has 0 saturated heterocycles. The number of hydrogen-bond acceptors (Lipinski definition) is 7. The maximum absolute atomic E-state index is 14.6. The van der Waals surface area contributed by atoms with Gasteiger partial charge in [0.25, 0.3) is 0 Å². The number of rotatable bonds is 6. The molecule has 6 rings (SSSR count). The Hall–Kier alpha value is -2.54. The summed E-state index contributed by atoms with van der Waals surface area (Å²) in [7, 11) is 0. The van der Waals surface area contributed by atoms with E-state index in [2.05, 4.69) is 10.1 Å². The van der Waals surface area contributed by atoms with Gasteiger partial charge in [0.05, 0.1) is 39.1 Å². The minimum Gasteiger partial charge on any atom is -0.382 e. The van der Waals surface area contributed by atoms with Crippen molar-refractivity contribution < 1.29 is 18.8 Å². The molecule has 0 unspecified atom stereocenters. The lowest BCUT2D eigenvalue weighted by molar-refractivity contribution is -0.116. The van der Waals surface area contributed by atoms with Crippen molar-refractivity contribution in [2.75, 3.05) is 0 Å². The van der Waals surface area contributed by atoms with Crippen LogP contribution in [0.25, 0.3) is 21.5 Å². The number of hydrogen-bond donors (Lipinski definition) is 1. The third-order valence-electron chi connectivity index (χ3n) is 8.13. The lowest BCUT2D eigenvalue weighted by Gasteiger charge is -2.41. The summed E-state index contributed by atoms with van der Waals surface area (Å²) in [5.74, 6) is 0.141. The number of fused-ring (bicyclic) bond motifs is 3. The first-order valence-electron chi connectivity index (χ1n) is 13.0. The van der Waals surface area contributed by atoms with Gasteiger partial charge in [-0.15, -0.1) is 11.3 Å². The van der Waals surface area contributed by atoms with Crippen LogP contribution < -0.4 is 0 Å². The minimum atomic E-state index is -1.14. The van der Waals surface area contributed by atoms with Gasteiger partial charge in [0.15, 0.2) is 5.82 Å². The number of halogens is 3. The van der Waals surface area contributed by atoms with E-state index < -0.39 is 11.4 Å². The molecular formula is C29H26Cl2FN3O3S. The van der Waals surface area contributed by atoms with Gasteiger partial charge in [-0.1, -0.05) is 48.3 Å². The summed E-state index contributed by atoms with van der Waals surface area (Å²) in [6.45, 7) is 4.34. The van der Waals surface area contributed by atoms with Crippen LogP contribution in [-0.4, -0.2) is 21.4 Å². The zero-order valence-electron chi connectivity index (χ0n) is 21.4. The fourth-order valence-electron chi connectivity index (χ4n) is 6.25. The van der Waals surface area contributed by atoms with E-state index in [1.54, 1.807) is 24.3 Å². The summed E-state index contributed by atoms with van der Waals surface area (Å²) in [5.41, 5.74) is 1.34. The third-order valence-corrected chi connectivity index (χ3v) is 9.90. The molecule has 6 nitrogen and oxygen atoms in total. The number of aliphatic hydroxyl groups is 1. The van der Waals surface area contributed by atoms with Crippen LogP contribution in [-0.2, 0) is 16.9 Å². The van der Waals surface area contributed by atoms with Gasteiger partial charge in [-0.25, -0.2) is 9.37 Å². The maximum atomic E-state index is 14.6. The Morgan fingerprint density at radius 2 is 1.92 bits per heavy atom. The van der Waals surface area contributed by atoms with Crippen LogP contribution in [0.1, 0.15) is 67.3 Å². The van der Waals surface area contributed by atoms with Crippen molar-refractivity contribution in [2.45, 2.75) is 63.8 Å². The number of thiazole rings is 1. The SMILES string of the molecule is CC(C)c1onc(-c2c(Cl)cccc2Cl)c1CO[C@H]1C[C@H]2CC[C@@H](C1)[C@@]2(O)c1nc2c(F)cc(C#N)cc2s1. The molecule has 10 heteroatoms. The second-order valence-electron chi connectivity index (χ2n) is 10.8. The van der Waals surface area contributed by atoms with Crippen molar-refractivity contribution in [3.63, 3.8) is 0 Å². The van der Waals surface area contributed by atoms with Crippen LogP contribution in [0.5, 0.6) is 0 Å². The molecule has 2 aromatic carbocycles. The van der Waals surface area contributed by atoms with Gasteiger partial charge >= 0.3 is 0 Å². The quantitative estimate of drug-likeness (QED) is 0.246. The normalized spacial score (nSPS) is 24.5. The molecule has 2 fully saturated rings. The van der Waals surface area contributed by atoms with E-state index >= 15 is 0 Å². The minimum absolute atomic E-state index is 0.0650. The summed E-state index contributed by atoms with van der Waals surface area (Å²) in [6.07, 6.45) is 2.91. The van der Waals surface area contributed by atoms with Gasteiger partial charge in [0, 0.05) is 17.0 Å². The lowest BCUT2D eigenvalue weighted by Crippen LogP contribution is -2.44. The summed E-state index contributed by atoms with van der Waals surface area (Å²) >= 11 is 14.2. The molecule has 2 aliphatic carbocycles. The number of nitriles is 1. The third kappa shape index (κ3) is 4.45. The van der Waals surface area contributed by atoms with Crippen molar-refractivity contribution in [3.8, 4) is 17.3 Å². The molecule has 0 spiro atoms. The molecule has 2 aliphatic rings. The highest BCUT2D eigenvalue weighted by Crippen LogP contribution is 2.57. The van der Waals surface area contributed by atoms with E-state index in [-0.39, 0.29) is 41.5 Å². The number of nitrogens with zero attached hydrogens (tertiary/aromatic N) is 3. The van der Waals surface area contributed by atoms with Gasteiger partial charge in [0.2, 0.25) is 0 Å². The Labute approximate surface area is 239 Å². The second-order valence-corrected chi connectivity index (χ2v) is 12.6. The molecule has 2 heterocycles. The van der Waals surface area contributed by atoms with Crippen LogP contribution in [0.15, 0.2) is 34.9 Å². The maximum Gasteiger partial charge on any atom is 0.151 e. The smallest absolute Gasteiger partial charge is 0.151 e. The van der Waals surface area contributed by atoms with Gasteiger partial charge in [0.1, 0.15) is 27.6 Å². The summed E-state index contributed by atoms with van der Waals surface area (Å²) in [6, 6.07) is 10.1. The average molecular weight is 587 g/mol. The topological polar surface area (TPSA) is 92.2 Å². The molecular weight excluding hydrogens is 560 g/mol. The van der Waals surface area contributed by atoms with E-state index in [1.165, 1.54) is 17.4 Å². The van der Waals surface area contributed by atoms with Gasteiger partial charge in [-0.3, -0.25) is 0 Å². The molecule has 2 aromatic heterocycles. The van der Waals surface area contributed by atoms with Gasteiger partial charge < -0.3 is 14.4 Å². The Bertz CT molecular complexity index is 1580. The molecule has 4 aromatic rings. The van der Waals surface area contributed by atoms with Crippen molar-refractivity contribution in [3.05, 3.63) is 68.1 Å². The molecule has 2 saturated carbocycles. The predicted molar refractivity (Wildman–Crippen MR) is 148 cm³/mol. The number of benzene rings is 2. The highest BCUT2D eigenvalue weighted by atomic mass is 35.5. The van der Waals surface area contributed by atoms with Crippen LogP contribution >= 0.6 is 34.5 Å². The molecule has 4 atom stereocenters. The van der Waals surface area contributed by atoms with Crippen molar-refractivity contribution in [1.29, 1.82) is 5.26 Å². The predicted octanol–water partition coefficient (Wildman–Crippen LogP) is 7.99. The van der Waals surface area contributed by atoms with E-state index in [4.69, 9.17) is 32.5 Å². The van der Waals surface area contributed by atoms with Crippen LogP contribution in [0.2, 0.25) is 10.0 Å². The molecule has 0 aliphatic heterocycles. The molecule has 1 N–H and O–H groups in total. The standard InChI is InChI=1S/C29H26Cl2FN3O3S/c1-14(2)27-19(25(35-38-27)24-20(30)4-3-5-21(24)31)13-37-18-10-16-6-7-17(11-18)29(16,36)28-34-26-22(32)8-15(12-33)9-23(26)39-28/h3-5,8-9,14,16-18,36H,6-7,10-11,13H2,1-2H3/t16-,17+,18+,29-. The van der Waals surface area contributed by atoms with E-state index in [0.29, 0.717) is 43.9 Å². The average Bonchev–Trinajstić information content (AvgIpc) is 3.55. The van der Waals surface area contributed by atoms with Crippen molar-refractivity contribution in [2.24, 2.45) is 11.8 Å². The number of ether oxygens (including phenoxy) is 1. The van der Waals surface area contributed by atoms with Crippen LogP contribution in [0.4, 0.5) is 4.39 Å². The zero-order chi connectivity index (χ0) is 27.5. The van der Waals surface area contributed by atoms with Crippen molar-refractivity contribution in [1.82, 2.24) is 10.1 Å². The van der Waals surface area contributed by atoms with Gasteiger partial charge in [-0.05, 0) is 61.8 Å². The lowest BCUT2D eigenvalue weighted by atomic mass is 9.73. The highest BCUT2D eigenvalue weighted by molar-refractivity contribution is 7.18. The van der Waals surface area contributed by atoms with E-state index in [1.807, 2.05) is 19.9 Å². The van der Waals surface area contributed by atoms with E-state index in [0.717, 1.165) is 24.2 Å². The summed E-state index contributed by atoms with van der Waals surface area (Å²) in [5, 5.41) is 27.0. The monoisotopic (exact) mass is 585 g/mol. The largest absolute Gasteiger partial charge is 0.382 e. The molecule has 0 radical (unpaired) electrons. The fraction of sp³-hybridized carbons (Fsp3) is 0.414. The Balaban J connectivity index is 1.25. The summed E-state index contributed by atoms with van der Waals surface area (Å²) < 4.78 is 27.4. The number of aromatic nitrogens is 2. The first-order valence-corrected chi connectivity index (χ1v) is 14.5. The van der Waals surface area contributed by atoms with Crippen LogP contribution in [0, 0.1) is 29.0 Å². The first-order chi connectivity index (χ1) is 18.7. The Kier molecular flexibility index (Phi) is 6.93. The van der Waals surface area contributed by atoms with Crippen molar-refractivity contribution >= 4 is 44.8 Å². The zero-order valence-corrected chi connectivity index (χ0v) is 23.7. The first kappa shape index (κ1) is 26.7.